The van der Waals surface area contributed by atoms with Gasteiger partial charge in [-0.15, -0.1) is 0 Å². The zero-order valence-corrected chi connectivity index (χ0v) is 11.5. The lowest BCUT2D eigenvalue weighted by atomic mass is 10.2. The van der Waals surface area contributed by atoms with Crippen LogP contribution in [0.5, 0.6) is 0 Å². The number of alkyl halides is 1. The number of ether oxygens (including phenoxy) is 1. The third-order valence-electron chi connectivity index (χ3n) is 2.22. The number of amides is 1. The Kier molecular flexibility index (Phi) is 5.43. The van der Waals surface area contributed by atoms with Crippen LogP contribution in [-0.4, -0.2) is 35.3 Å². The fraction of sp³-hybridized carbons (Fsp3) is 0.273. The third kappa shape index (κ3) is 4.32. The number of nitrogens with zero attached hydrogens (tertiary/aromatic N) is 1. The van der Waals surface area contributed by atoms with E-state index < -0.39 is 21.6 Å². The maximum atomic E-state index is 11.7. The van der Waals surface area contributed by atoms with Gasteiger partial charge in [0, 0.05) is 24.2 Å². The summed E-state index contributed by atoms with van der Waals surface area (Å²) >= 11 is 3.04. The van der Waals surface area contributed by atoms with Crippen molar-refractivity contribution in [2.45, 2.75) is 4.83 Å². The monoisotopic (exact) mass is 330 g/mol. The minimum atomic E-state index is -0.667. The first kappa shape index (κ1) is 15.1. The summed E-state index contributed by atoms with van der Waals surface area (Å²) in [6.45, 7) is 0.0220. The van der Waals surface area contributed by atoms with Crippen molar-refractivity contribution in [1.29, 1.82) is 0 Å². The summed E-state index contributed by atoms with van der Waals surface area (Å²) in [5.41, 5.74) is -0.0187. The molecule has 0 spiro atoms. The van der Waals surface area contributed by atoms with E-state index in [-0.39, 0.29) is 17.8 Å². The number of halogens is 1. The number of non-ortho nitro benzene ring substituents is 1. The number of hydrogen-bond acceptors (Lipinski definition) is 5. The molecule has 1 aromatic carbocycles. The molecule has 0 fully saturated rings. The average molecular weight is 331 g/mol. The van der Waals surface area contributed by atoms with E-state index in [1.54, 1.807) is 0 Å². The largest absolute Gasteiger partial charge is 0.468 e. The van der Waals surface area contributed by atoms with Gasteiger partial charge in [-0.2, -0.15) is 0 Å². The van der Waals surface area contributed by atoms with Gasteiger partial charge in [0.1, 0.15) is 4.83 Å². The first-order chi connectivity index (χ1) is 8.95. The highest BCUT2D eigenvalue weighted by Crippen LogP contribution is 2.13. The minimum absolute atomic E-state index is 0.0220. The highest BCUT2D eigenvalue weighted by molar-refractivity contribution is 9.10. The molecule has 0 heterocycles. The van der Waals surface area contributed by atoms with Gasteiger partial charge in [0.05, 0.1) is 12.0 Å². The topological polar surface area (TPSA) is 98.5 Å². The first-order valence-electron chi connectivity index (χ1n) is 5.20. The van der Waals surface area contributed by atoms with Crippen LogP contribution in [0.2, 0.25) is 0 Å². The van der Waals surface area contributed by atoms with E-state index in [0.29, 0.717) is 0 Å². The summed E-state index contributed by atoms with van der Waals surface area (Å²) in [5.74, 6) is -1.02. The molecule has 8 heteroatoms. The van der Waals surface area contributed by atoms with Gasteiger partial charge < -0.3 is 10.1 Å². The van der Waals surface area contributed by atoms with E-state index in [1.165, 1.54) is 25.3 Å². The molecule has 1 atom stereocenters. The van der Waals surface area contributed by atoms with Crippen molar-refractivity contribution in [2.24, 2.45) is 0 Å². The van der Waals surface area contributed by atoms with Crippen LogP contribution in [0.15, 0.2) is 24.3 Å². The fourth-order valence-electron chi connectivity index (χ4n) is 1.26. The quantitative estimate of drug-likeness (QED) is 0.379. The Balaban J connectivity index is 2.66. The van der Waals surface area contributed by atoms with Crippen molar-refractivity contribution in [3.63, 3.8) is 0 Å². The molecule has 0 saturated heterocycles. The van der Waals surface area contributed by atoms with Gasteiger partial charge in [-0.05, 0) is 6.07 Å². The lowest BCUT2D eigenvalue weighted by Gasteiger charge is -2.09. The SMILES string of the molecule is COC(=O)C(Br)CNC(=O)c1cccc([N+](=O)[O-])c1. The van der Waals surface area contributed by atoms with Gasteiger partial charge in [-0.3, -0.25) is 19.7 Å². The molecule has 19 heavy (non-hydrogen) atoms. The van der Waals surface area contributed by atoms with E-state index in [4.69, 9.17) is 0 Å². The van der Waals surface area contributed by atoms with Gasteiger partial charge in [0.15, 0.2) is 0 Å². The molecule has 0 radical (unpaired) electrons. The Morgan fingerprint density at radius 2 is 2.21 bits per heavy atom. The van der Waals surface area contributed by atoms with Crippen molar-refractivity contribution in [3.8, 4) is 0 Å². The highest BCUT2D eigenvalue weighted by atomic mass is 79.9. The molecule has 0 aliphatic heterocycles. The average Bonchev–Trinajstić information content (AvgIpc) is 2.43. The summed E-state index contributed by atoms with van der Waals surface area (Å²) < 4.78 is 4.47. The predicted octanol–water partition coefficient (Wildman–Crippen LogP) is 1.26. The van der Waals surface area contributed by atoms with Crippen LogP contribution in [0.3, 0.4) is 0 Å². The molecule has 102 valence electrons. The molecule has 1 N–H and O–H groups in total. The Labute approximate surface area is 117 Å². The van der Waals surface area contributed by atoms with Gasteiger partial charge in [-0.1, -0.05) is 22.0 Å². The van der Waals surface area contributed by atoms with Crippen LogP contribution in [0.1, 0.15) is 10.4 Å². The number of hydrogen-bond donors (Lipinski definition) is 1. The van der Waals surface area contributed by atoms with E-state index >= 15 is 0 Å². The smallest absolute Gasteiger partial charge is 0.321 e. The number of rotatable bonds is 5. The molecular formula is C11H11BrN2O5. The van der Waals surface area contributed by atoms with Gasteiger partial charge >= 0.3 is 5.97 Å². The number of methoxy groups -OCH3 is 1. The number of carbonyl (C=O) groups is 2. The summed E-state index contributed by atoms with van der Waals surface area (Å²) in [6.07, 6.45) is 0. The fourth-order valence-corrected chi connectivity index (χ4v) is 1.61. The number of carbonyl (C=O) groups excluding carboxylic acids is 2. The van der Waals surface area contributed by atoms with Crippen LogP contribution in [0.25, 0.3) is 0 Å². The van der Waals surface area contributed by atoms with Crippen molar-refractivity contribution in [2.75, 3.05) is 13.7 Å². The van der Waals surface area contributed by atoms with Gasteiger partial charge in [0.25, 0.3) is 11.6 Å². The number of nitro benzene ring substituents is 1. The molecular weight excluding hydrogens is 320 g/mol. The van der Waals surface area contributed by atoms with E-state index in [0.717, 1.165) is 6.07 Å². The normalized spacial score (nSPS) is 11.5. The van der Waals surface area contributed by atoms with Crippen molar-refractivity contribution >= 4 is 33.5 Å². The second-order valence-electron chi connectivity index (χ2n) is 3.51. The molecule has 1 aromatic rings. The maximum Gasteiger partial charge on any atom is 0.321 e. The lowest BCUT2D eigenvalue weighted by Crippen LogP contribution is -2.33. The summed E-state index contributed by atoms with van der Waals surface area (Å²) in [7, 11) is 1.24. The predicted molar refractivity (Wildman–Crippen MR) is 70.2 cm³/mol. The van der Waals surface area contributed by atoms with Crippen LogP contribution in [0, 0.1) is 10.1 Å². The van der Waals surface area contributed by atoms with Crippen LogP contribution in [0.4, 0.5) is 5.69 Å². The van der Waals surface area contributed by atoms with E-state index in [9.17, 15) is 19.7 Å². The third-order valence-corrected chi connectivity index (χ3v) is 2.92. The highest BCUT2D eigenvalue weighted by Gasteiger charge is 2.17. The van der Waals surface area contributed by atoms with Crippen LogP contribution in [-0.2, 0) is 9.53 Å². The molecule has 1 rings (SSSR count). The number of nitro groups is 1. The molecule has 0 saturated carbocycles. The van der Waals surface area contributed by atoms with Crippen LogP contribution < -0.4 is 5.32 Å². The minimum Gasteiger partial charge on any atom is -0.468 e. The molecule has 1 unspecified atom stereocenters. The summed E-state index contributed by atoms with van der Waals surface area (Å²) in [5, 5.41) is 13.0. The first-order valence-corrected chi connectivity index (χ1v) is 6.12. The Hall–Kier alpha value is -1.96. The van der Waals surface area contributed by atoms with Crippen LogP contribution >= 0.6 is 15.9 Å². The molecule has 7 nitrogen and oxygen atoms in total. The molecule has 0 aromatic heterocycles. The maximum absolute atomic E-state index is 11.7. The second kappa shape index (κ2) is 6.83. The van der Waals surface area contributed by atoms with Crippen molar-refractivity contribution in [3.05, 3.63) is 39.9 Å². The van der Waals surface area contributed by atoms with E-state index in [1.807, 2.05) is 0 Å². The number of benzene rings is 1. The van der Waals surface area contributed by atoms with Gasteiger partial charge in [-0.25, -0.2) is 0 Å². The Bertz CT molecular complexity index is 506. The number of esters is 1. The standard InChI is InChI=1S/C11H11BrN2O5/c1-19-11(16)9(12)6-13-10(15)7-3-2-4-8(5-7)14(17)18/h2-5,9H,6H2,1H3,(H,13,15). The number of nitrogens with one attached hydrogen (secondary N) is 1. The summed E-state index contributed by atoms with van der Waals surface area (Å²) in [6, 6.07) is 5.32. The van der Waals surface area contributed by atoms with Crippen molar-refractivity contribution < 1.29 is 19.2 Å². The molecule has 0 aliphatic carbocycles. The second-order valence-corrected chi connectivity index (χ2v) is 4.61. The van der Waals surface area contributed by atoms with E-state index in [2.05, 4.69) is 26.0 Å². The Morgan fingerprint density at radius 3 is 2.79 bits per heavy atom. The molecule has 0 bridgehead atoms. The lowest BCUT2D eigenvalue weighted by molar-refractivity contribution is -0.384. The molecule has 0 aliphatic rings. The van der Waals surface area contributed by atoms with Gasteiger partial charge in [0.2, 0.25) is 0 Å². The van der Waals surface area contributed by atoms with Crippen molar-refractivity contribution in [1.82, 2.24) is 5.32 Å². The Morgan fingerprint density at radius 1 is 1.53 bits per heavy atom. The zero-order valence-electron chi connectivity index (χ0n) is 9.96. The summed E-state index contributed by atoms with van der Waals surface area (Å²) in [4.78, 5) is 32.1. The molecule has 1 amide bonds. The zero-order chi connectivity index (χ0) is 14.4.